The molecule has 2 heterocycles. The molecule has 0 spiro atoms. The highest BCUT2D eigenvalue weighted by Crippen LogP contribution is 2.44. The molecule has 5 nitrogen and oxygen atoms in total. The van der Waals surface area contributed by atoms with Crippen LogP contribution in [0.4, 0.5) is 4.79 Å². The number of piperidine rings is 1. The number of amides is 1. The van der Waals surface area contributed by atoms with Crippen LogP contribution in [0, 0.1) is 7.05 Å². The first-order chi connectivity index (χ1) is 14.7. The zero-order chi connectivity index (χ0) is 20.5. The van der Waals surface area contributed by atoms with Crippen molar-refractivity contribution in [2.45, 2.75) is 24.8 Å². The molecule has 158 valence electrons. The average molecular weight is 406 g/mol. The summed E-state index contributed by atoms with van der Waals surface area (Å²) in [7, 11) is 4.12. The summed E-state index contributed by atoms with van der Waals surface area (Å²) in [6.45, 7) is 6.11. The van der Waals surface area contributed by atoms with Crippen LogP contribution in [-0.4, -0.2) is 67.8 Å². The molecule has 5 rings (SSSR count). The van der Waals surface area contributed by atoms with E-state index < -0.39 is 0 Å². The number of quaternary nitrogens is 1. The Labute approximate surface area is 179 Å². The number of ether oxygens (including phenoxy) is 1. The molecule has 1 N–H and O–H groups in total. The normalized spacial score (nSPS) is 24.4. The highest BCUT2D eigenvalue weighted by molar-refractivity contribution is 5.79. The van der Waals surface area contributed by atoms with E-state index in [0.717, 1.165) is 39.3 Å². The van der Waals surface area contributed by atoms with E-state index in [4.69, 9.17) is 4.74 Å². The first kappa shape index (κ1) is 19.6. The molecule has 0 aromatic heterocycles. The summed E-state index contributed by atoms with van der Waals surface area (Å²) in [5.74, 6) is 0.123. The predicted molar refractivity (Wildman–Crippen MR) is 117 cm³/mol. The van der Waals surface area contributed by atoms with Gasteiger partial charge in [-0.2, -0.15) is 7.05 Å². The number of nitrogens with zero attached hydrogens (tertiary/aromatic N) is 2. The Bertz CT molecular complexity index is 853. The van der Waals surface area contributed by atoms with Crippen molar-refractivity contribution in [3.63, 3.8) is 0 Å². The van der Waals surface area contributed by atoms with Crippen molar-refractivity contribution < 1.29 is 14.4 Å². The lowest BCUT2D eigenvalue weighted by molar-refractivity contribution is -0.859. The highest BCUT2D eigenvalue weighted by atomic mass is 16.6. The lowest BCUT2D eigenvalue weighted by Crippen LogP contribution is -3.08. The van der Waals surface area contributed by atoms with Crippen molar-refractivity contribution in [1.82, 2.24) is 9.80 Å². The van der Waals surface area contributed by atoms with Gasteiger partial charge in [0.1, 0.15) is 6.61 Å². The van der Waals surface area contributed by atoms with Crippen LogP contribution in [0.15, 0.2) is 48.5 Å². The van der Waals surface area contributed by atoms with Crippen LogP contribution in [0.2, 0.25) is 0 Å². The molecule has 0 atom stereocenters. The van der Waals surface area contributed by atoms with E-state index in [1.165, 1.54) is 40.0 Å². The third-order valence-electron chi connectivity index (χ3n) is 7.09. The number of carbonyl (C=O) groups excluding carboxylic acids is 1. The molecule has 2 aliphatic heterocycles. The maximum Gasteiger partial charge on any atom is 0.409 e. The van der Waals surface area contributed by atoms with E-state index in [1.54, 1.807) is 0 Å². The fraction of sp³-hybridized carbons (Fsp3) is 0.440. The maximum atomic E-state index is 12.8. The Morgan fingerprint density at radius 1 is 0.933 bits per heavy atom. The lowest BCUT2D eigenvalue weighted by Gasteiger charge is -2.42. The molecule has 0 bridgehead atoms. The first-order valence-corrected chi connectivity index (χ1v) is 11.2. The minimum atomic E-state index is -0.173. The van der Waals surface area contributed by atoms with Gasteiger partial charge in [0.2, 0.25) is 0 Å². The van der Waals surface area contributed by atoms with E-state index in [0.29, 0.717) is 12.6 Å². The van der Waals surface area contributed by atoms with E-state index in [9.17, 15) is 4.79 Å². The Morgan fingerprint density at radius 3 is 2.10 bits per heavy atom. The largest absolute Gasteiger partial charge is 0.468 e. The van der Waals surface area contributed by atoms with Crippen LogP contribution in [0.3, 0.4) is 0 Å². The van der Waals surface area contributed by atoms with E-state index >= 15 is 0 Å². The van der Waals surface area contributed by atoms with Gasteiger partial charge in [0, 0.05) is 51.0 Å². The number of piperazine rings is 1. The molecule has 1 aliphatic carbocycles. The summed E-state index contributed by atoms with van der Waals surface area (Å²) in [6.07, 6.45) is 2.25. The smallest absolute Gasteiger partial charge is 0.409 e. The maximum absolute atomic E-state index is 12.8. The number of benzene rings is 2. The molecule has 5 heteroatoms. The first-order valence-electron chi connectivity index (χ1n) is 11.2. The van der Waals surface area contributed by atoms with Gasteiger partial charge in [-0.05, 0) is 22.3 Å². The second kappa shape index (κ2) is 8.40. The van der Waals surface area contributed by atoms with Crippen LogP contribution in [0.5, 0.6) is 0 Å². The Hall–Kier alpha value is -2.37. The molecule has 0 unspecified atom stereocenters. The van der Waals surface area contributed by atoms with Crippen LogP contribution in [0.25, 0.3) is 11.1 Å². The number of fused-ring (bicyclic) bond motifs is 3. The average Bonchev–Trinajstić information content (AvgIpc) is 3.12. The van der Waals surface area contributed by atoms with Gasteiger partial charge < -0.3 is 14.5 Å². The van der Waals surface area contributed by atoms with Crippen molar-refractivity contribution >= 4 is 6.09 Å². The van der Waals surface area contributed by atoms with E-state index in [1.807, 2.05) is 4.90 Å². The standard InChI is InChI=1S/C25H31N3O2/c1-26-12-10-19(11-13-26)27-14-16-28(17-15-27)25(29)30-18-24-22-8-4-2-6-20(22)21-7-3-5-9-23(21)24/h2-9,19,24,26H,1,10-18H2. The van der Waals surface area contributed by atoms with Gasteiger partial charge >= 0.3 is 6.09 Å². The topological polar surface area (TPSA) is 37.2 Å². The molecule has 0 radical (unpaired) electrons. The Morgan fingerprint density at radius 2 is 1.50 bits per heavy atom. The molecular formula is C25H31N3O2. The van der Waals surface area contributed by atoms with E-state index in [2.05, 4.69) is 60.5 Å². The second-order valence-electron chi connectivity index (χ2n) is 8.81. The molecule has 2 aromatic carbocycles. The summed E-state index contributed by atoms with van der Waals surface area (Å²) < 4.78 is 5.83. The molecule has 30 heavy (non-hydrogen) atoms. The molecule has 2 aromatic rings. The van der Waals surface area contributed by atoms with Crippen LogP contribution >= 0.6 is 0 Å². The van der Waals surface area contributed by atoms with Crippen molar-refractivity contribution in [3.8, 4) is 11.1 Å². The molecular weight excluding hydrogens is 374 g/mol. The number of nitrogens with one attached hydrogen (secondary N) is 1. The molecule has 2 fully saturated rings. The van der Waals surface area contributed by atoms with Gasteiger partial charge in [0.15, 0.2) is 0 Å². The minimum absolute atomic E-state index is 0.123. The van der Waals surface area contributed by atoms with Gasteiger partial charge in [-0.25, -0.2) is 4.79 Å². The minimum Gasteiger partial charge on any atom is -0.468 e. The third-order valence-corrected chi connectivity index (χ3v) is 7.09. The van der Waals surface area contributed by atoms with Crippen LogP contribution < -0.4 is 4.90 Å². The molecule has 0 saturated carbocycles. The zero-order valence-corrected chi connectivity index (χ0v) is 17.6. The highest BCUT2D eigenvalue weighted by Gasteiger charge is 2.32. The second-order valence-corrected chi connectivity index (χ2v) is 8.81. The zero-order valence-electron chi connectivity index (χ0n) is 17.6. The Balaban J connectivity index is 1.18. The Kier molecular flexibility index (Phi) is 5.48. The lowest BCUT2D eigenvalue weighted by atomic mass is 9.98. The quantitative estimate of drug-likeness (QED) is 0.797. The van der Waals surface area contributed by atoms with Crippen molar-refractivity contribution in [1.29, 1.82) is 0 Å². The molecule has 3 aliphatic rings. The van der Waals surface area contributed by atoms with Crippen LogP contribution in [0.1, 0.15) is 29.9 Å². The van der Waals surface area contributed by atoms with Crippen molar-refractivity contribution in [3.05, 3.63) is 66.7 Å². The van der Waals surface area contributed by atoms with Gasteiger partial charge in [0.05, 0.1) is 13.1 Å². The monoisotopic (exact) mass is 405 g/mol. The molecule has 2 saturated heterocycles. The fourth-order valence-corrected chi connectivity index (χ4v) is 5.33. The van der Waals surface area contributed by atoms with Gasteiger partial charge in [-0.3, -0.25) is 4.90 Å². The number of carbonyl (C=O) groups is 1. The van der Waals surface area contributed by atoms with Crippen molar-refractivity contribution in [2.75, 3.05) is 45.9 Å². The summed E-state index contributed by atoms with van der Waals surface area (Å²) >= 11 is 0. The predicted octanol–water partition coefficient (Wildman–Crippen LogP) is 2.39. The summed E-state index contributed by atoms with van der Waals surface area (Å²) in [5, 5.41) is 0. The summed E-state index contributed by atoms with van der Waals surface area (Å²) in [4.78, 5) is 18.6. The fourth-order valence-electron chi connectivity index (χ4n) is 5.33. The van der Waals surface area contributed by atoms with Gasteiger partial charge in [0.25, 0.3) is 0 Å². The number of rotatable bonds is 3. The third kappa shape index (κ3) is 3.72. The van der Waals surface area contributed by atoms with Gasteiger partial charge in [-0.1, -0.05) is 48.5 Å². The number of hydrogen-bond donors (Lipinski definition) is 1. The SMILES string of the molecule is [CH2-][NH+]1CCC(N2CCN(C(=O)OCC3c4ccccc4-c4ccccc43)CC2)CC1. The summed E-state index contributed by atoms with van der Waals surface area (Å²) in [6, 6.07) is 17.6. The van der Waals surface area contributed by atoms with Crippen molar-refractivity contribution in [2.24, 2.45) is 0 Å². The van der Waals surface area contributed by atoms with Gasteiger partial charge in [-0.15, -0.1) is 0 Å². The van der Waals surface area contributed by atoms with E-state index in [-0.39, 0.29) is 12.0 Å². The van der Waals surface area contributed by atoms with Crippen LogP contribution in [-0.2, 0) is 4.74 Å². The number of hydrogen-bond acceptors (Lipinski definition) is 3. The summed E-state index contributed by atoms with van der Waals surface area (Å²) in [5.41, 5.74) is 5.04. The number of likely N-dealkylation sites (tertiary alicyclic amines) is 1. The molecule has 1 amide bonds.